The standard InChI is InChI=1S/C24H20ClF3N2O2/c1-13-20(23(32)30-15-7-4-6-14(12-15)24(26,27)28)21(16-8-2-3-9-17(16)25)22-18(29-13)10-5-11-19(22)31/h2-4,6-9,12,21,29H,5,10-11H2,1H3,(H,30,32)/t21-/m0/s1. The first-order valence-electron chi connectivity index (χ1n) is 10.1. The number of rotatable bonds is 3. The monoisotopic (exact) mass is 460 g/mol. The third kappa shape index (κ3) is 4.17. The number of dihydropyridines is 1. The van der Waals surface area contributed by atoms with Crippen LogP contribution in [0.15, 0.2) is 71.1 Å². The maximum Gasteiger partial charge on any atom is 0.416 e. The lowest BCUT2D eigenvalue weighted by molar-refractivity contribution is -0.137. The van der Waals surface area contributed by atoms with E-state index in [2.05, 4.69) is 10.6 Å². The number of anilines is 1. The number of halogens is 4. The maximum atomic E-state index is 13.3. The Balaban J connectivity index is 1.77. The van der Waals surface area contributed by atoms with E-state index >= 15 is 0 Å². The van der Waals surface area contributed by atoms with Crippen molar-refractivity contribution in [3.05, 3.63) is 87.2 Å². The van der Waals surface area contributed by atoms with Crippen LogP contribution < -0.4 is 10.6 Å². The zero-order chi connectivity index (χ0) is 23.0. The summed E-state index contributed by atoms with van der Waals surface area (Å²) in [5.74, 6) is -1.37. The fraction of sp³-hybridized carbons (Fsp3) is 0.250. The second-order valence-corrected chi connectivity index (χ2v) is 8.23. The van der Waals surface area contributed by atoms with E-state index in [1.54, 1.807) is 31.2 Å². The predicted molar refractivity (Wildman–Crippen MR) is 116 cm³/mol. The fourth-order valence-corrected chi connectivity index (χ4v) is 4.52. The molecule has 1 aliphatic carbocycles. The maximum absolute atomic E-state index is 13.3. The first-order chi connectivity index (χ1) is 15.2. The van der Waals surface area contributed by atoms with E-state index in [4.69, 9.17) is 11.6 Å². The fourth-order valence-electron chi connectivity index (χ4n) is 4.28. The summed E-state index contributed by atoms with van der Waals surface area (Å²) in [6, 6.07) is 11.4. The number of alkyl halides is 3. The molecule has 2 aromatic carbocycles. The van der Waals surface area contributed by atoms with Crippen LogP contribution in [-0.2, 0) is 15.8 Å². The summed E-state index contributed by atoms with van der Waals surface area (Å²) in [4.78, 5) is 26.2. The number of benzene rings is 2. The molecule has 2 N–H and O–H groups in total. The number of carbonyl (C=O) groups is 2. The van der Waals surface area contributed by atoms with E-state index < -0.39 is 23.6 Å². The third-order valence-electron chi connectivity index (χ3n) is 5.68. The summed E-state index contributed by atoms with van der Waals surface area (Å²) >= 11 is 6.45. The molecule has 0 saturated heterocycles. The van der Waals surface area contributed by atoms with Crippen molar-refractivity contribution >= 4 is 29.0 Å². The number of hydrogen-bond acceptors (Lipinski definition) is 3. The Hall–Kier alpha value is -3.06. The van der Waals surface area contributed by atoms with Gasteiger partial charge in [-0.2, -0.15) is 13.2 Å². The molecule has 4 rings (SSSR count). The molecular formula is C24H20ClF3N2O2. The zero-order valence-electron chi connectivity index (χ0n) is 17.1. The van der Waals surface area contributed by atoms with Crippen LogP contribution in [0.4, 0.5) is 18.9 Å². The summed E-state index contributed by atoms with van der Waals surface area (Å²) in [6.07, 6.45) is -2.79. The number of Topliss-reactive ketones (excluding diaryl/α,β-unsaturated/α-hetero) is 1. The summed E-state index contributed by atoms with van der Waals surface area (Å²) < 4.78 is 39.3. The van der Waals surface area contributed by atoms with Crippen molar-refractivity contribution in [2.24, 2.45) is 0 Å². The molecule has 0 bridgehead atoms. The molecule has 1 amide bonds. The van der Waals surface area contributed by atoms with Gasteiger partial charge in [-0.15, -0.1) is 0 Å². The molecule has 8 heteroatoms. The van der Waals surface area contributed by atoms with Gasteiger partial charge in [-0.3, -0.25) is 9.59 Å². The first-order valence-corrected chi connectivity index (χ1v) is 10.5. The van der Waals surface area contributed by atoms with Crippen molar-refractivity contribution < 1.29 is 22.8 Å². The molecule has 0 saturated carbocycles. The number of hydrogen-bond donors (Lipinski definition) is 2. The average molecular weight is 461 g/mol. The van der Waals surface area contributed by atoms with Crippen molar-refractivity contribution in [1.29, 1.82) is 0 Å². The minimum Gasteiger partial charge on any atom is -0.362 e. The summed E-state index contributed by atoms with van der Waals surface area (Å²) in [7, 11) is 0. The first kappa shape index (κ1) is 22.1. The molecule has 2 aliphatic rings. The van der Waals surface area contributed by atoms with Gasteiger partial charge in [0.15, 0.2) is 5.78 Å². The number of amides is 1. The lowest BCUT2D eigenvalue weighted by atomic mass is 9.75. The van der Waals surface area contributed by atoms with Crippen molar-refractivity contribution in [2.75, 3.05) is 5.32 Å². The highest BCUT2D eigenvalue weighted by Gasteiger charge is 2.39. The molecule has 0 radical (unpaired) electrons. The molecule has 0 aromatic heterocycles. The van der Waals surface area contributed by atoms with Gasteiger partial charge in [-0.05, 0) is 49.6 Å². The van der Waals surface area contributed by atoms with Crippen LogP contribution in [0.3, 0.4) is 0 Å². The van der Waals surface area contributed by atoms with Crippen LogP contribution in [0.1, 0.15) is 43.2 Å². The smallest absolute Gasteiger partial charge is 0.362 e. The Morgan fingerprint density at radius 2 is 1.88 bits per heavy atom. The molecular weight excluding hydrogens is 441 g/mol. The molecule has 0 fully saturated rings. The van der Waals surface area contributed by atoms with Gasteiger partial charge in [0.25, 0.3) is 5.91 Å². The molecule has 32 heavy (non-hydrogen) atoms. The van der Waals surface area contributed by atoms with Crippen LogP contribution in [0, 0.1) is 0 Å². The van der Waals surface area contributed by atoms with Crippen molar-refractivity contribution in [1.82, 2.24) is 5.32 Å². The van der Waals surface area contributed by atoms with Crippen molar-refractivity contribution in [3.63, 3.8) is 0 Å². The SMILES string of the molecule is CC1=C(C(=O)Nc2cccc(C(F)(F)F)c2)[C@H](c2ccccc2Cl)C2=C(CCCC2=O)N1. The van der Waals surface area contributed by atoms with Gasteiger partial charge in [0.1, 0.15) is 0 Å². The topological polar surface area (TPSA) is 58.2 Å². The quantitative estimate of drug-likeness (QED) is 0.593. The molecule has 4 nitrogen and oxygen atoms in total. The largest absolute Gasteiger partial charge is 0.416 e. The Bertz CT molecular complexity index is 1170. The van der Waals surface area contributed by atoms with E-state index in [0.29, 0.717) is 41.1 Å². The summed E-state index contributed by atoms with van der Waals surface area (Å²) in [6.45, 7) is 1.72. The van der Waals surface area contributed by atoms with E-state index in [1.165, 1.54) is 12.1 Å². The number of nitrogens with one attached hydrogen (secondary N) is 2. The van der Waals surface area contributed by atoms with Crippen LogP contribution >= 0.6 is 11.6 Å². The van der Waals surface area contributed by atoms with Gasteiger partial charge in [-0.1, -0.05) is 35.9 Å². The Kier molecular flexibility index (Phi) is 5.86. The van der Waals surface area contributed by atoms with E-state index in [1.807, 2.05) is 0 Å². The highest BCUT2D eigenvalue weighted by atomic mass is 35.5. The van der Waals surface area contributed by atoms with E-state index in [-0.39, 0.29) is 17.0 Å². The van der Waals surface area contributed by atoms with Gasteiger partial charge in [0, 0.05) is 45.6 Å². The van der Waals surface area contributed by atoms with Crippen LogP contribution in [-0.4, -0.2) is 11.7 Å². The van der Waals surface area contributed by atoms with Gasteiger partial charge in [-0.25, -0.2) is 0 Å². The highest BCUT2D eigenvalue weighted by molar-refractivity contribution is 6.31. The Morgan fingerprint density at radius 1 is 1.12 bits per heavy atom. The summed E-state index contributed by atoms with van der Waals surface area (Å²) in [5, 5.41) is 6.15. The summed E-state index contributed by atoms with van der Waals surface area (Å²) in [5.41, 5.74) is 1.79. The zero-order valence-corrected chi connectivity index (χ0v) is 17.9. The average Bonchev–Trinajstić information content (AvgIpc) is 2.73. The third-order valence-corrected chi connectivity index (χ3v) is 6.03. The molecule has 1 aliphatic heterocycles. The molecule has 1 heterocycles. The van der Waals surface area contributed by atoms with Gasteiger partial charge in [0.05, 0.1) is 5.56 Å². The lowest BCUT2D eigenvalue weighted by Crippen LogP contribution is -2.35. The molecule has 0 spiro atoms. The van der Waals surface area contributed by atoms with Crippen LogP contribution in [0.25, 0.3) is 0 Å². The van der Waals surface area contributed by atoms with Crippen molar-refractivity contribution in [3.8, 4) is 0 Å². The molecule has 2 aromatic rings. The number of allylic oxidation sites excluding steroid dienone is 3. The van der Waals surface area contributed by atoms with Gasteiger partial charge >= 0.3 is 6.18 Å². The van der Waals surface area contributed by atoms with Crippen LogP contribution in [0.2, 0.25) is 5.02 Å². The van der Waals surface area contributed by atoms with Gasteiger partial charge in [0.2, 0.25) is 0 Å². The minimum atomic E-state index is -4.53. The second kappa shape index (κ2) is 8.47. The highest BCUT2D eigenvalue weighted by Crippen LogP contribution is 2.44. The molecule has 0 unspecified atom stereocenters. The van der Waals surface area contributed by atoms with Gasteiger partial charge < -0.3 is 10.6 Å². The van der Waals surface area contributed by atoms with Crippen LogP contribution in [0.5, 0.6) is 0 Å². The minimum absolute atomic E-state index is 0.0118. The second-order valence-electron chi connectivity index (χ2n) is 7.82. The Morgan fingerprint density at radius 3 is 2.59 bits per heavy atom. The van der Waals surface area contributed by atoms with E-state index in [0.717, 1.165) is 17.8 Å². The number of ketones is 1. The molecule has 166 valence electrons. The van der Waals surface area contributed by atoms with E-state index in [9.17, 15) is 22.8 Å². The molecule has 1 atom stereocenters. The predicted octanol–water partition coefficient (Wildman–Crippen LogP) is 5.97. The normalized spacial score (nSPS) is 18.9. The Labute approximate surface area is 188 Å². The lowest BCUT2D eigenvalue weighted by Gasteiger charge is -2.34. The number of carbonyl (C=O) groups excluding carboxylic acids is 2. The van der Waals surface area contributed by atoms with Crippen molar-refractivity contribution in [2.45, 2.75) is 38.3 Å².